The first kappa shape index (κ1) is 47.8. The van der Waals surface area contributed by atoms with Crippen LogP contribution in [0.2, 0.25) is 0 Å². The SMILES string of the molecule is [C-]#[N+]c1cc(-n2c3ccc(-c4ccc(C)cc4)cc3c3cc(-c4ccc(C)cc4)ccc32)c(-n2c3ccc(-c4ccc(C)cc4)cc3c3cc(-c4ccc(C)cc4)ccc32)cc1-c1ccc(C(F)(F)F)cc1C(F)(F)F. The Bertz CT molecular complexity index is 4110. The first-order valence-corrected chi connectivity index (χ1v) is 24.8. The molecule has 2 aromatic heterocycles. The van der Waals surface area contributed by atoms with Gasteiger partial charge in [0.25, 0.3) is 0 Å². The minimum absolute atomic E-state index is 0.139. The number of aromatic nitrogens is 2. The molecule has 0 amide bonds. The van der Waals surface area contributed by atoms with Gasteiger partial charge in [0.2, 0.25) is 0 Å². The van der Waals surface area contributed by atoms with Gasteiger partial charge in [0, 0.05) is 21.5 Å². The van der Waals surface area contributed by atoms with Gasteiger partial charge in [0.05, 0.1) is 51.1 Å². The summed E-state index contributed by atoms with van der Waals surface area (Å²) in [4.78, 5) is 3.88. The number of nitrogens with zero attached hydrogens (tertiary/aromatic N) is 3. The molecular formula is C67H45F6N3. The van der Waals surface area contributed by atoms with Crippen molar-refractivity contribution in [2.75, 3.05) is 0 Å². The van der Waals surface area contributed by atoms with Gasteiger partial charge >= 0.3 is 12.4 Å². The van der Waals surface area contributed by atoms with Crippen LogP contribution in [0.3, 0.4) is 0 Å². The molecule has 0 saturated carbocycles. The average molecular weight is 1010 g/mol. The van der Waals surface area contributed by atoms with Crippen molar-refractivity contribution in [3.63, 3.8) is 0 Å². The molecule has 12 aromatic rings. The molecule has 0 aliphatic rings. The molecule has 0 unspecified atom stereocenters. The lowest BCUT2D eigenvalue weighted by atomic mass is 9.94. The average Bonchev–Trinajstić information content (AvgIpc) is 4.16. The Hall–Kier alpha value is -9.13. The van der Waals surface area contributed by atoms with Crippen LogP contribution in [0.4, 0.5) is 32.0 Å². The van der Waals surface area contributed by atoms with E-state index in [1.807, 2.05) is 80.8 Å². The zero-order chi connectivity index (χ0) is 52.8. The van der Waals surface area contributed by atoms with Gasteiger partial charge in [-0.1, -0.05) is 150 Å². The van der Waals surface area contributed by atoms with Gasteiger partial charge in [-0.25, -0.2) is 4.85 Å². The van der Waals surface area contributed by atoms with Crippen molar-refractivity contribution in [3.8, 4) is 67.0 Å². The number of halogens is 6. The van der Waals surface area contributed by atoms with Crippen LogP contribution in [-0.2, 0) is 12.4 Å². The van der Waals surface area contributed by atoms with Gasteiger partial charge in [-0.3, -0.25) is 0 Å². The van der Waals surface area contributed by atoms with Crippen molar-refractivity contribution in [2.24, 2.45) is 0 Å². The summed E-state index contributed by atoms with van der Waals surface area (Å²) in [7, 11) is 0. The van der Waals surface area contributed by atoms with E-state index in [0.29, 0.717) is 17.4 Å². The molecule has 12 rings (SSSR count). The summed E-state index contributed by atoms with van der Waals surface area (Å²) in [6, 6.07) is 62.7. The first-order chi connectivity index (χ1) is 36.5. The van der Waals surface area contributed by atoms with E-state index >= 15 is 13.2 Å². The van der Waals surface area contributed by atoms with Crippen LogP contribution in [0.1, 0.15) is 33.4 Å². The lowest BCUT2D eigenvalue weighted by Crippen LogP contribution is -2.12. The highest BCUT2D eigenvalue weighted by molar-refractivity contribution is 6.14. The van der Waals surface area contributed by atoms with Crippen LogP contribution >= 0.6 is 0 Å². The monoisotopic (exact) mass is 1010 g/mol. The van der Waals surface area contributed by atoms with Gasteiger partial charge in [-0.15, -0.1) is 0 Å². The van der Waals surface area contributed by atoms with Crippen LogP contribution in [0.25, 0.3) is 115 Å². The third-order valence-electron chi connectivity index (χ3n) is 14.7. The fraction of sp³-hybridized carbons (Fsp3) is 0.0896. The van der Waals surface area contributed by atoms with E-state index in [1.165, 1.54) is 0 Å². The van der Waals surface area contributed by atoms with Crippen molar-refractivity contribution in [1.82, 2.24) is 9.13 Å². The summed E-state index contributed by atoms with van der Waals surface area (Å²) < 4.78 is 92.5. The van der Waals surface area contributed by atoms with Crippen molar-refractivity contribution in [3.05, 3.63) is 245 Å². The third kappa shape index (κ3) is 8.36. The first-order valence-electron chi connectivity index (χ1n) is 24.8. The highest BCUT2D eigenvalue weighted by atomic mass is 19.4. The second kappa shape index (κ2) is 18.1. The molecule has 0 N–H and O–H groups in total. The van der Waals surface area contributed by atoms with Gasteiger partial charge < -0.3 is 9.13 Å². The minimum Gasteiger partial charge on any atom is -0.308 e. The van der Waals surface area contributed by atoms with Crippen molar-refractivity contribution < 1.29 is 26.3 Å². The van der Waals surface area contributed by atoms with Crippen LogP contribution < -0.4 is 0 Å². The van der Waals surface area contributed by atoms with Crippen LogP contribution in [0.5, 0.6) is 0 Å². The smallest absolute Gasteiger partial charge is 0.308 e. The van der Waals surface area contributed by atoms with Crippen LogP contribution in [-0.4, -0.2) is 9.13 Å². The molecule has 9 heteroatoms. The number of alkyl halides is 6. The van der Waals surface area contributed by atoms with E-state index in [-0.39, 0.29) is 17.3 Å². The normalized spacial score (nSPS) is 12.1. The second-order valence-electron chi connectivity index (χ2n) is 19.8. The fourth-order valence-corrected chi connectivity index (χ4v) is 10.7. The van der Waals surface area contributed by atoms with E-state index in [2.05, 4.69) is 131 Å². The summed E-state index contributed by atoms with van der Waals surface area (Å²) in [5.41, 5.74) is 12.4. The fourth-order valence-electron chi connectivity index (χ4n) is 10.7. The molecule has 0 saturated heterocycles. The molecule has 76 heavy (non-hydrogen) atoms. The van der Waals surface area contributed by atoms with E-state index in [0.717, 1.165) is 116 Å². The van der Waals surface area contributed by atoms with Crippen LogP contribution in [0.15, 0.2) is 200 Å². The summed E-state index contributed by atoms with van der Waals surface area (Å²) in [5, 5.41) is 3.52. The van der Waals surface area contributed by atoms with Gasteiger partial charge in [0.1, 0.15) is 0 Å². The van der Waals surface area contributed by atoms with Crippen LogP contribution in [0, 0.1) is 34.3 Å². The number of rotatable bonds is 7. The van der Waals surface area contributed by atoms with Gasteiger partial charge in [-0.05, 0) is 156 Å². The van der Waals surface area contributed by atoms with E-state index in [1.54, 1.807) is 12.1 Å². The molecule has 0 aliphatic heterocycles. The van der Waals surface area contributed by atoms with E-state index in [4.69, 9.17) is 6.57 Å². The highest BCUT2D eigenvalue weighted by Gasteiger charge is 2.39. The maximum absolute atomic E-state index is 15.3. The van der Waals surface area contributed by atoms with Crippen molar-refractivity contribution >= 4 is 49.3 Å². The highest BCUT2D eigenvalue weighted by Crippen LogP contribution is 2.48. The quantitative estimate of drug-likeness (QED) is 0.112. The standard InChI is InChI=1S/C67H45F6N3/c1-39-6-14-43(15-7-39)47-22-28-60-54(32-47)55-33-48(44-16-8-40(2)9-17-44)23-29-61(55)75(60)64-37-53(52-27-26-51(66(68,69)70)36-58(52)67(71,72)73)59(74-5)38-65(64)76-62-30-24-49(45-18-10-41(3)11-19-45)34-56(62)57-35-50(25-31-63(57)76)46-20-12-42(4)13-21-46/h6-38H,1-4H3. The topological polar surface area (TPSA) is 14.2 Å². The zero-order valence-electron chi connectivity index (χ0n) is 41.7. The summed E-state index contributed by atoms with van der Waals surface area (Å²) in [6.45, 7) is 16.8. The van der Waals surface area contributed by atoms with E-state index < -0.39 is 29.0 Å². The Labute approximate surface area is 435 Å². The minimum atomic E-state index is -5.21. The lowest BCUT2D eigenvalue weighted by Gasteiger charge is -2.22. The predicted octanol–water partition coefficient (Wildman–Crippen LogP) is 20.0. The summed E-state index contributed by atoms with van der Waals surface area (Å²) >= 11 is 0. The molecular weight excluding hydrogens is 961 g/mol. The molecule has 0 atom stereocenters. The Morgan fingerprint density at radius 3 is 0.947 bits per heavy atom. The molecule has 10 aromatic carbocycles. The molecule has 0 spiro atoms. The number of hydrogen-bond acceptors (Lipinski definition) is 0. The van der Waals surface area contributed by atoms with Crippen molar-refractivity contribution in [2.45, 2.75) is 40.0 Å². The Balaban J connectivity index is 1.22. The zero-order valence-corrected chi connectivity index (χ0v) is 41.7. The number of aryl methyl sites for hydroxylation is 4. The molecule has 0 aliphatic carbocycles. The lowest BCUT2D eigenvalue weighted by molar-refractivity contribution is -0.142. The van der Waals surface area contributed by atoms with Crippen molar-refractivity contribution in [1.29, 1.82) is 0 Å². The Morgan fingerprint density at radius 2 is 0.645 bits per heavy atom. The third-order valence-corrected chi connectivity index (χ3v) is 14.7. The van der Waals surface area contributed by atoms with Gasteiger partial charge in [-0.2, -0.15) is 26.3 Å². The summed E-state index contributed by atoms with van der Waals surface area (Å²) in [6.07, 6.45) is -10.3. The predicted molar refractivity (Wildman–Crippen MR) is 298 cm³/mol. The summed E-state index contributed by atoms with van der Waals surface area (Å²) in [5.74, 6) is 0. The second-order valence-corrected chi connectivity index (χ2v) is 19.8. The maximum atomic E-state index is 15.3. The number of fused-ring (bicyclic) bond motifs is 6. The van der Waals surface area contributed by atoms with Gasteiger partial charge in [0.15, 0.2) is 5.69 Å². The Morgan fingerprint density at radius 1 is 0.329 bits per heavy atom. The van der Waals surface area contributed by atoms with E-state index in [9.17, 15) is 13.2 Å². The maximum Gasteiger partial charge on any atom is 0.416 e. The largest absolute Gasteiger partial charge is 0.416 e. The molecule has 0 fully saturated rings. The molecule has 0 radical (unpaired) electrons. The Kier molecular flexibility index (Phi) is 11.4. The molecule has 2 heterocycles. The number of hydrogen-bond donors (Lipinski definition) is 0. The number of benzene rings is 10. The molecule has 0 bridgehead atoms. The molecule has 3 nitrogen and oxygen atoms in total. The molecule has 370 valence electrons.